The van der Waals surface area contributed by atoms with Crippen molar-refractivity contribution in [3.8, 4) is 0 Å². The highest BCUT2D eigenvalue weighted by Crippen LogP contribution is 2.30. The van der Waals surface area contributed by atoms with E-state index < -0.39 is 80.2 Å². The summed E-state index contributed by atoms with van der Waals surface area (Å²) in [7, 11) is 0. The Morgan fingerprint density at radius 3 is 1.47 bits per heavy atom. The summed E-state index contributed by atoms with van der Waals surface area (Å²) in [5.41, 5.74) is 5.28. The van der Waals surface area contributed by atoms with Crippen molar-refractivity contribution in [2.75, 3.05) is 39.3 Å². The van der Waals surface area contributed by atoms with E-state index in [-0.39, 0.29) is 25.3 Å². The van der Waals surface area contributed by atoms with Gasteiger partial charge in [-0.3, -0.25) is 33.6 Å². The largest absolute Gasteiger partial charge is 0.480 e. The monoisotopic (exact) mass is 486 g/mol. The van der Waals surface area contributed by atoms with Crippen molar-refractivity contribution in [1.82, 2.24) is 14.7 Å². The fraction of sp³-hybridized carbons (Fsp3) is 0.650. The standard InChI is InChI=1S/C20H30N4O10/c1-2-22(9-16(27)28)14(25)7-23(10-17(29)30)15(26)8-24(11-18(31)32)20(34)13-5-3-12(4-6-13)19(21)33/h12-13H,2-11H2,1H3,(H2,21,33)(H,27,28)(H,29,30)(H,31,32). The Bertz CT molecular complexity index is 822. The molecule has 0 heterocycles. The van der Waals surface area contributed by atoms with Gasteiger partial charge in [0.05, 0.1) is 0 Å². The van der Waals surface area contributed by atoms with Crippen molar-refractivity contribution in [2.45, 2.75) is 32.6 Å². The minimum Gasteiger partial charge on any atom is -0.480 e. The van der Waals surface area contributed by atoms with Crippen LogP contribution < -0.4 is 5.73 Å². The lowest BCUT2D eigenvalue weighted by atomic mass is 9.81. The van der Waals surface area contributed by atoms with Crippen molar-refractivity contribution in [3.63, 3.8) is 0 Å². The average molecular weight is 486 g/mol. The number of rotatable bonds is 13. The summed E-state index contributed by atoms with van der Waals surface area (Å²) in [6.45, 7) is -2.43. The number of nitrogens with zero attached hydrogens (tertiary/aromatic N) is 3. The van der Waals surface area contributed by atoms with Crippen LogP contribution in [0.5, 0.6) is 0 Å². The highest BCUT2D eigenvalue weighted by atomic mass is 16.4. The van der Waals surface area contributed by atoms with Crippen molar-refractivity contribution in [2.24, 2.45) is 17.6 Å². The van der Waals surface area contributed by atoms with E-state index >= 15 is 0 Å². The zero-order chi connectivity index (χ0) is 26.0. The number of likely N-dealkylation sites (N-methyl/N-ethyl adjacent to an activating group) is 1. The summed E-state index contributed by atoms with van der Waals surface area (Å²) in [5, 5.41) is 27.2. The summed E-state index contributed by atoms with van der Waals surface area (Å²) >= 11 is 0. The molecule has 0 aromatic carbocycles. The zero-order valence-electron chi connectivity index (χ0n) is 18.8. The number of carboxylic acids is 3. The van der Waals surface area contributed by atoms with Gasteiger partial charge >= 0.3 is 17.9 Å². The fourth-order valence-corrected chi connectivity index (χ4v) is 3.72. The van der Waals surface area contributed by atoms with E-state index in [2.05, 4.69) is 0 Å². The molecule has 0 radical (unpaired) electrons. The quantitative estimate of drug-likeness (QED) is 0.225. The van der Waals surface area contributed by atoms with Crippen LogP contribution in [0.15, 0.2) is 0 Å². The Morgan fingerprint density at radius 2 is 1.03 bits per heavy atom. The fourth-order valence-electron chi connectivity index (χ4n) is 3.72. The molecule has 4 amide bonds. The second-order valence-corrected chi connectivity index (χ2v) is 7.98. The lowest BCUT2D eigenvalue weighted by molar-refractivity contribution is -0.153. The molecule has 34 heavy (non-hydrogen) atoms. The summed E-state index contributed by atoms with van der Waals surface area (Å²) in [4.78, 5) is 85.1. The molecule has 1 aliphatic rings. The third-order valence-corrected chi connectivity index (χ3v) is 5.51. The molecule has 0 bridgehead atoms. The van der Waals surface area contributed by atoms with E-state index in [0.717, 1.165) is 9.80 Å². The van der Waals surface area contributed by atoms with Crippen LogP contribution in [0.1, 0.15) is 32.6 Å². The molecule has 0 aromatic heterocycles. The minimum atomic E-state index is -1.46. The number of hydrogen-bond acceptors (Lipinski definition) is 7. The molecule has 0 spiro atoms. The van der Waals surface area contributed by atoms with Gasteiger partial charge in [0.25, 0.3) is 0 Å². The van der Waals surface area contributed by atoms with Crippen molar-refractivity contribution >= 4 is 41.5 Å². The maximum atomic E-state index is 12.9. The third kappa shape index (κ3) is 9.03. The van der Waals surface area contributed by atoms with Gasteiger partial charge in [0.15, 0.2) is 0 Å². The first-order valence-corrected chi connectivity index (χ1v) is 10.6. The lowest BCUT2D eigenvalue weighted by Crippen LogP contribution is -2.51. The lowest BCUT2D eigenvalue weighted by Gasteiger charge is -2.31. The van der Waals surface area contributed by atoms with Crippen LogP contribution in [-0.2, 0) is 33.6 Å². The van der Waals surface area contributed by atoms with Gasteiger partial charge in [-0.25, -0.2) is 0 Å². The first-order chi connectivity index (χ1) is 15.8. The predicted octanol–water partition coefficient (Wildman–Crippen LogP) is -1.96. The van der Waals surface area contributed by atoms with Crippen LogP contribution in [0.2, 0.25) is 0 Å². The number of carbonyl (C=O) groups is 7. The molecule has 1 saturated carbocycles. The molecule has 1 aliphatic carbocycles. The van der Waals surface area contributed by atoms with E-state index in [9.17, 15) is 38.7 Å². The van der Waals surface area contributed by atoms with E-state index in [1.54, 1.807) is 0 Å². The van der Waals surface area contributed by atoms with E-state index in [4.69, 9.17) is 15.9 Å². The van der Waals surface area contributed by atoms with Gasteiger partial charge in [0, 0.05) is 18.4 Å². The molecular weight excluding hydrogens is 456 g/mol. The van der Waals surface area contributed by atoms with Crippen LogP contribution in [0.3, 0.4) is 0 Å². The highest BCUT2D eigenvalue weighted by molar-refractivity contribution is 5.92. The van der Waals surface area contributed by atoms with Gasteiger partial charge in [0.1, 0.15) is 32.7 Å². The molecule has 1 rings (SSSR count). The number of primary amides is 1. The van der Waals surface area contributed by atoms with Gasteiger partial charge in [0.2, 0.25) is 23.6 Å². The number of carbonyl (C=O) groups excluding carboxylic acids is 4. The minimum absolute atomic E-state index is 0.00215. The second-order valence-electron chi connectivity index (χ2n) is 7.98. The Morgan fingerprint density at radius 1 is 0.647 bits per heavy atom. The van der Waals surface area contributed by atoms with Gasteiger partial charge in [-0.2, -0.15) is 0 Å². The third-order valence-electron chi connectivity index (χ3n) is 5.51. The highest BCUT2D eigenvalue weighted by Gasteiger charge is 2.34. The zero-order valence-corrected chi connectivity index (χ0v) is 18.8. The van der Waals surface area contributed by atoms with E-state index in [1.807, 2.05) is 0 Å². The van der Waals surface area contributed by atoms with Crippen molar-refractivity contribution < 1.29 is 48.9 Å². The summed E-state index contributed by atoms with van der Waals surface area (Å²) in [6, 6.07) is 0. The van der Waals surface area contributed by atoms with Crippen LogP contribution in [0.25, 0.3) is 0 Å². The SMILES string of the molecule is CCN(CC(=O)O)C(=O)CN(CC(=O)O)C(=O)CN(CC(=O)O)C(=O)C1CCC(C(N)=O)CC1. The average Bonchev–Trinajstić information content (AvgIpc) is 2.75. The van der Waals surface area contributed by atoms with Crippen LogP contribution in [-0.4, -0.2) is 111 Å². The maximum Gasteiger partial charge on any atom is 0.323 e. The molecule has 0 unspecified atom stereocenters. The molecular formula is C20H30N4O10. The molecule has 0 saturated heterocycles. The molecule has 1 fully saturated rings. The molecule has 190 valence electrons. The van der Waals surface area contributed by atoms with Gasteiger partial charge in [-0.1, -0.05) is 0 Å². The van der Waals surface area contributed by atoms with Crippen LogP contribution in [0, 0.1) is 11.8 Å². The van der Waals surface area contributed by atoms with Gasteiger partial charge in [-0.15, -0.1) is 0 Å². The Labute approximate surface area is 195 Å². The topological polar surface area (TPSA) is 216 Å². The van der Waals surface area contributed by atoms with Crippen molar-refractivity contribution in [3.05, 3.63) is 0 Å². The number of aliphatic carboxylic acids is 3. The number of carboxylic acid groups (broad SMARTS) is 3. The predicted molar refractivity (Wildman–Crippen MR) is 113 cm³/mol. The maximum absolute atomic E-state index is 12.9. The summed E-state index contributed by atoms with van der Waals surface area (Å²) in [6.07, 6.45) is 1.23. The van der Waals surface area contributed by atoms with E-state index in [1.165, 1.54) is 6.92 Å². The smallest absolute Gasteiger partial charge is 0.323 e. The van der Waals surface area contributed by atoms with Crippen LogP contribution >= 0.6 is 0 Å². The molecule has 0 aromatic rings. The van der Waals surface area contributed by atoms with E-state index in [0.29, 0.717) is 17.7 Å². The summed E-state index contributed by atoms with van der Waals surface area (Å²) in [5.74, 6) is -8.09. The first-order valence-electron chi connectivity index (χ1n) is 10.6. The number of nitrogens with two attached hydrogens (primary N) is 1. The Balaban J connectivity index is 2.97. The molecule has 5 N–H and O–H groups in total. The van der Waals surface area contributed by atoms with Crippen molar-refractivity contribution in [1.29, 1.82) is 0 Å². The molecule has 14 heteroatoms. The molecule has 14 nitrogen and oxygen atoms in total. The molecule has 0 aliphatic heterocycles. The summed E-state index contributed by atoms with van der Waals surface area (Å²) < 4.78 is 0. The number of amides is 4. The van der Waals surface area contributed by atoms with Gasteiger partial charge < -0.3 is 35.8 Å². The Kier molecular flexibility index (Phi) is 10.9. The Hall–Kier alpha value is -3.71. The molecule has 0 atom stereocenters. The number of hydrogen-bond donors (Lipinski definition) is 4. The normalized spacial score (nSPS) is 17.3. The van der Waals surface area contributed by atoms with Gasteiger partial charge in [-0.05, 0) is 32.6 Å². The second kappa shape index (κ2) is 13.1. The van der Waals surface area contributed by atoms with Crippen LogP contribution in [0.4, 0.5) is 0 Å². The first kappa shape index (κ1) is 28.3.